The first-order valence-corrected chi connectivity index (χ1v) is 18.1. The molecule has 7 nitrogen and oxygen atoms in total. The molecule has 0 aliphatic carbocycles. The van der Waals surface area contributed by atoms with Crippen LogP contribution in [0.15, 0.2) is 54.6 Å². The lowest BCUT2D eigenvalue weighted by Gasteiger charge is -2.43. The SMILES string of the molecule is COc1ccc(COC[C@H](C)[C@H](O[Si](C)(C)C(C)(C)C)[C@@H](C)C[C@@H](C)C(=O)N2C(=O)OCC2Cc2ccccc2)cc1. The largest absolute Gasteiger partial charge is 0.497 e. The monoisotopic (exact) mass is 597 g/mol. The molecule has 1 fully saturated rings. The van der Waals surface area contributed by atoms with Gasteiger partial charge in [0, 0.05) is 11.8 Å². The van der Waals surface area contributed by atoms with Crippen LogP contribution in [0.4, 0.5) is 4.79 Å². The standard InChI is InChI=1S/C34H51NO6Si/c1-24(19-25(2)32(36)35-29(23-40-33(35)37)20-27-13-11-10-12-14-27)31(41-42(8,9)34(4,5)6)26(3)21-39-22-28-15-17-30(38-7)18-16-28/h10-18,24-26,29,31H,19-23H2,1-9H3/t24-,25+,26-,29?,31+/m0/s1. The van der Waals surface area contributed by atoms with Gasteiger partial charge in [-0.05, 0) is 60.2 Å². The fraction of sp³-hybridized carbons (Fsp3) is 0.588. The highest BCUT2D eigenvalue weighted by Gasteiger charge is 2.43. The van der Waals surface area contributed by atoms with Crippen LogP contribution in [0.25, 0.3) is 0 Å². The molecule has 8 heteroatoms. The van der Waals surface area contributed by atoms with Crippen LogP contribution >= 0.6 is 0 Å². The first-order valence-electron chi connectivity index (χ1n) is 15.2. The zero-order chi connectivity index (χ0) is 31.1. The number of hydrogen-bond donors (Lipinski definition) is 0. The summed E-state index contributed by atoms with van der Waals surface area (Å²) in [5, 5.41) is 0.0417. The van der Waals surface area contributed by atoms with Crippen molar-refractivity contribution in [2.24, 2.45) is 17.8 Å². The predicted octanol–water partition coefficient (Wildman–Crippen LogP) is 7.49. The van der Waals surface area contributed by atoms with Crippen LogP contribution in [-0.4, -0.2) is 57.7 Å². The van der Waals surface area contributed by atoms with Crippen LogP contribution in [0.1, 0.15) is 59.1 Å². The molecule has 232 valence electrons. The van der Waals surface area contributed by atoms with E-state index in [1.807, 2.05) is 61.5 Å². The van der Waals surface area contributed by atoms with E-state index < -0.39 is 14.4 Å². The molecular weight excluding hydrogens is 546 g/mol. The lowest BCUT2D eigenvalue weighted by atomic mass is 9.86. The van der Waals surface area contributed by atoms with Gasteiger partial charge in [0.05, 0.1) is 32.5 Å². The number of hydrogen-bond acceptors (Lipinski definition) is 6. The Bertz CT molecular complexity index is 1150. The molecule has 0 aromatic heterocycles. The second-order valence-electron chi connectivity index (χ2n) is 13.4. The highest BCUT2D eigenvalue weighted by Crippen LogP contribution is 2.40. The van der Waals surface area contributed by atoms with Gasteiger partial charge in [0.15, 0.2) is 8.32 Å². The van der Waals surface area contributed by atoms with E-state index in [9.17, 15) is 9.59 Å². The van der Waals surface area contributed by atoms with Gasteiger partial charge in [-0.1, -0.05) is 84.0 Å². The summed E-state index contributed by atoms with van der Waals surface area (Å²) < 4.78 is 23.8. The van der Waals surface area contributed by atoms with E-state index in [-0.39, 0.29) is 47.5 Å². The van der Waals surface area contributed by atoms with Gasteiger partial charge in [-0.2, -0.15) is 0 Å². The number of ether oxygens (including phenoxy) is 3. The second kappa shape index (κ2) is 14.7. The van der Waals surface area contributed by atoms with Crippen molar-refractivity contribution < 1.29 is 28.2 Å². The molecule has 1 heterocycles. The van der Waals surface area contributed by atoms with E-state index in [4.69, 9.17) is 18.6 Å². The van der Waals surface area contributed by atoms with Gasteiger partial charge in [-0.15, -0.1) is 0 Å². The predicted molar refractivity (Wildman–Crippen MR) is 169 cm³/mol. The minimum Gasteiger partial charge on any atom is -0.497 e. The summed E-state index contributed by atoms with van der Waals surface area (Å²) in [6.07, 6.45) is 0.542. The van der Waals surface area contributed by atoms with Crippen LogP contribution < -0.4 is 4.74 Å². The number of amides is 2. The molecule has 42 heavy (non-hydrogen) atoms. The maximum Gasteiger partial charge on any atom is 0.416 e. The first kappa shape index (κ1) is 33.8. The Morgan fingerprint density at radius 1 is 1.00 bits per heavy atom. The maximum atomic E-state index is 13.7. The van der Waals surface area contributed by atoms with Gasteiger partial charge in [0.2, 0.25) is 5.91 Å². The first-order chi connectivity index (χ1) is 19.7. The number of carbonyl (C=O) groups excluding carboxylic acids is 2. The number of nitrogens with zero attached hydrogens (tertiary/aromatic N) is 1. The number of carbonyl (C=O) groups is 2. The van der Waals surface area contributed by atoms with Crippen molar-refractivity contribution in [1.82, 2.24) is 4.90 Å². The van der Waals surface area contributed by atoms with E-state index in [1.54, 1.807) is 7.11 Å². The molecule has 1 saturated heterocycles. The fourth-order valence-electron chi connectivity index (χ4n) is 5.29. The third-order valence-electron chi connectivity index (χ3n) is 8.83. The van der Waals surface area contributed by atoms with Crippen LogP contribution in [0.3, 0.4) is 0 Å². The zero-order valence-corrected chi connectivity index (χ0v) is 28.0. The topological polar surface area (TPSA) is 74.3 Å². The summed E-state index contributed by atoms with van der Waals surface area (Å²) in [6, 6.07) is 17.5. The fourth-order valence-corrected chi connectivity index (χ4v) is 6.78. The van der Waals surface area contributed by atoms with Crippen molar-refractivity contribution >= 4 is 20.3 Å². The Morgan fingerprint density at radius 3 is 2.24 bits per heavy atom. The average Bonchev–Trinajstić information content (AvgIpc) is 3.30. The average molecular weight is 598 g/mol. The molecule has 0 bridgehead atoms. The lowest BCUT2D eigenvalue weighted by Crippen LogP contribution is -2.49. The zero-order valence-electron chi connectivity index (χ0n) is 27.0. The number of benzene rings is 2. The Balaban J connectivity index is 1.69. The van der Waals surface area contributed by atoms with Crippen LogP contribution in [0, 0.1) is 17.8 Å². The number of rotatable bonds is 14. The molecule has 0 radical (unpaired) electrons. The van der Waals surface area contributed by atoms with E-state index in [0.29, 0.717) is 26.1 Å². The number of cyclic esters (lactones) is 1. The molecule has 2 aromatic rings. The molecule has 5 atom stereocenters. The number of imide groups is 1. The summed E-state index contributed by atoms with van der Waals surface area (Å²) in [7, 11) is -0.457. The molecule has 2 amide bonds. The molecule has 0 saturated carbocycles. The van der Waals surface area contributed by atoms with Gasteiger partial charge >= 0.3 is 6.09 Å². The number of methoxy groups -OCH3 is 1. The van der Waals surface area contributed by atoms with Crippen molar-refractivity contribution in [1.29, 1.82) is 0 Å². The maximum absolute atomic E-state index is 13.7. The van der Waals surface area contributed by atoms with Crippen LogP contribution in [-0.2, 0) is 31.7 Å². The second-order valence-corrected chi connectivity index (χ2v) is 18.2. The normalized spacial score (nSPS) is 18.7. The highest BCUT2D eigenvalue weighted by atomic mass is 28.4. The summed E-state index contributed by atoms with van der Waals surface area (Å²) >= 11 is 0. The molecule has 1 aliphatic rings. The van der Waals surface area contributed by atoms with Gasteiger partial charge in [-0.3, -0.25) is 4.79 Å². The van der Waals surface area contributed by atoms with Crippen molar-refractivity contribution in [3.63, 3.8) is 0 Å². The van der Waals surface area contributed by atoms with E-state index in [0.717, 1.165) is 16.9 Å². The van der Waals surface area contributed by atoms with Crippen molar-refractivity contribution in [3.05, 3.63) is 65.7 Å². The summed E-state index contributed by atoms with van der Waals surface area (Å²) in [5.74, 6) is 0.462. The molecule has 0 spiro atoms. The van der Waals surface area contributed by atoms with Gasteiger partial charge in [0.25, 0.3) is 0 Å². The Morgan fingerprint density at radius 2 is 1.64 bits per heavy atom. The Hall–Kier alpha value is -2.68. The van der Waals surface area contributed by atoms with Crippen molar-refractivity contribution in [3.8, 4) is 5.75 Å². The lowest BCUT2D eigenvalue weighted by molar-refractivity contribution is -0.133. The Kier molecular flexibility index (Phi) is 11.8. The highest BCUT2D eigenvalue weighted by molar-refractivity contribution is 6.74. The van der Waals surface area contributed by atoms with Gasteiger partial charge in [0.1, 0.15) is 12.4 Å². The van der Waals surface area contributed by atoms with Crippen molar-refractivity contribution in [2.45, 2.75) is 91.3 Å². The van der Waals surface area contributed by atoms with E-state index in [1.165, 1.54) is 4.90 Å². The van der Waals surface area contributed by atoms with Crippen molar-refractivity contribution in [2.75, 3.05) is 20.3 Å². The molecule has 1 unspecified atom stereocenters. The van der Waals surface area contributed by atoms with Gasteiger partial charge in [-0.25, -0.2) is 9.69 Å². The molecular formula is C34H51NO6Si. The third-order valence-corrected chi connectivity index (χ3v) is 13.3. The smallest absolute Gasteiger partial charge is 0.416 e. The minimum absolute atomic E-state index is 0.0417. The van der Waals surface area contributed by atoms with Crippen LogP contribution in [0.5, 0.6) is 5.75 Å². The van der Waals surface area contributed by atoms with Crippen LogP contribution in [0.2, 0.25) is 18.1 Å². The Labute approximate surface area is 254 Å². The molecule has 0 N–H and O–H groups in total. The summed E-state index contributed by atoms with van der Waals surface area (Å²) in [5.41, 5.74) is 2.16. The molecule has 2 aromatic carbocycles. The quantitative estimate of drug-likeness (QED) is 0.210. The minimum atomic E-state index is -2.12. The van der Waals surface area contributed by atoms with E-state index in [2.05, 4.69) is 47.7 Å². The summed E-state index contributed by atoms with van der Waals surface area (Å²) in [4.78, 5) is 27.7. The third kappa shape index (κ3) is 8.91. The van der Waals surface area contributed by atoms with E-state index >= 15 is 0 Å². The van der Waals surface area contributed by atoms with Gasteiger partial charge < -0.3 is 18.6 Å². The molecule has 3 rings (SSSR count). The molecule has 1 aliphatic heterocycles. The summed E-state index contributed by atoms with van der Waals surface area (Å²) in [6.45, 7) is 18.8.